The van der Waals surface area contributed by atoms with Crippen molar-refractivity contribution in [2.75, 3.05) is 32.8 Å². The molecule has 0 fully saturated rings. The summed E-state index contributed by atoms with van der Waals surface area (Å²) in [6.07, 6.45) is 0. The van der Waals surface area contributed by atoms with Gasteiger partial charge in [0.25, 0.3) is 0 Å². The van der Waals surface area contributed by atoms with Crippen molar-refractivity contribution in [3.63, 3.8) is 0 Å². The van der Waals surface area contributed by atoms with E-state index in [0.717, 1.165) is 30.9 Å². The van der Waals surface area contributed by atoms with Crippen molar-refractivity contribution in [3.05, 3.63) is 29.8 Å². The van der Waals surface area contributed by atoms with Gasteiger partial charge in [0.1, 0.15) is 19.0 Å². The fraction of sp³-hybridized carbons (Fsp3) is 0.471. The van der Waals surface area contributed by atoms with E-state index in [0.29, 0.717) is 6.61 Å². The molecule has 0 saturated carbocycles. The number of hydrogen-bond donors (Lipinski definition) is 1. The first-order valence-corrected chi connectivity index (χ1v) is 7.14. The van der Waals surface area contributed by atoms with Crippen LogP contribution in [0.25, 0.3) is 0 Å². The molecule has 0 bridgehead atoms. The quantitative estimate of drug-likeness (QED) is 0.778. The van der Waals surface area contributed by atoms with Crippen LogP contribution in [-0.4, -0.2) is 42.9 Å². The Bertz CT molecular complexity index is 526. The lowest BCUT2D eigenvalue weighted by molar-refractivity contribution is 0.206. The van der Waals surface area contributed by atoms with E-state index >= 15 is 0 Å². The Morgan fingerprint density at radius 2 is 2.24 bits per heavy atom. The molecule has 0 radical (unpaired) electrons. The number of ether oxygens (including phenoxy) is 1. The summed E-state index contributed by atoms with van der Waals surface area (Å²) >= 11 is 0. The molecule has 1 N–H and O–H groups in total. The number of aliphatic hydroxyl groups excluding tert-OH is 1. The van der Waals surface area contributed by atoms with Gasteiger partial charge in [-0.25, -0.2) is 0 Å². The van der Waals surface area contributed by atoms with Gasteiger partial charge in [-0.3, -0.25) is 4.90 Å². The predicted octanol–water partition coefficient (Wildman–Crippen LogP) is 1.89. The summed E-state index contributed by atoms with van der Waals surface area (Å²) in [6.45, 7) is 6.88. The van der Waals surface area contributed by atoms with Crippen molar-refractivity contribution in [3.8, 4) is 23.7 Å². The van der Waals surface area contributed by atoms with Gasteiger partial charge in [-0.1, -0.05) is 24.8 Å². The highest BCUT2D eigenvalue weighted by Gasteiger charge is 2.07. The summed E-state index contributed by atoms with van der Waals surface area (Å²) in [6, 6.07) is 9.75. The van der Waals surface area contributed by atoms with Crippen LogP contribution in [0.3, 0.4) is 0 Å². The predicted molar refractivity (Wildman–Crippen MR) is 82.8 cm³/mol. The molecule has 4 nitrogen and oxygen atoms in total. The van der Waals surface area contributed by atoms with Gasteiger partial charge in [-0.15, -0.1) is 0 Å². The Balaban J connectivity index is 2.46. The maximum absolute atomic E-state index is 8.85. The second kappa shape index (κ2) is 9.83. The van der Waals surface area contributed by atoms with E-state index in [1.54, 1.807) is 0 Å². The van der Waals surface area contributed by atoms with Crippen LogP contribution < -0.4 is 4.74 Å². The molecule has 0 aliphatic rings. The number of nitriles is 1. The van der Waals surface area contributed by atoms with Gasteiger partial charge in [0.05, 0.1) is 12.0 Å². The van der Waals surface area contributed by atoms with Gasteiger partial charge in [-0.2, -0.15) is 5.26 Å². The highest BCUT2D eigenvalue weighted by Crippen LogP contribution is 2.12. The zero-order valence-electron chi connectivity index (χ0n) is 12.7. The minimum Gasteiger partial charge on any atom is -0.492 e. The largest absolute Gasteiger partial charge is 0.492 e. The topological polar surface area (TPSA) is 56.5 Å². The molecule has 1 atom stereocenters. The summed E-state index contributed by atoms with van der Waals surface area (Å²) in [7, 11) is 0. The van der Waals surface area contributed by atoms with E-state index < -0.39 is 0 Å². The molecule has 1 aromatic rings. The van der Waals surface area contributed by atoms with E-state index in [-0.39, 0.29) is 12.5 Å². The van der Waals surface area contributed by atoms with Crippen LogP contribution in [0.5, 0.6) is 5.75 Å². The Labute approximate surface area is 127 Å². The molecule has 0 saturated heterocycles. The third-order valence-electron chi connectivity index (χ3n) is 3.02. The standard InChI is InChI=1S/C17H22N2O2/c1-3-19(14-15(2)13-18)9-11-21-17-8-4-6-16(12-17)7-5-10-20/h4,6,8,12,15,20H,3,9-11,14H2,1-2H3. The maximum Gasteiger partial charge on any atom is 0.120 e. The van der Waals surface area contributed by atoms with E-state index in [4.69, 9.17) is 15.1 Å². The Hall–Kier alpha value is -2.01. The lowest BCUT2D eigenvalue weighted by Gasteiger charge is -2.21. The molecule has 1 unspecified atom stereocenters. The molecular weight excluding hydrogens is 264 g/mol. The lowest BCUT2D eigenvalue weighted by atomic mass is 10.2. The number of rotatable bonds is 7. The highest BCUT2D eigenvalue weighted by molar-refractivity contribution is 5.39. The molecule has 0 amide bonds. The normalized spacial score (nSPS) is 11.4. The third-order valence-corrected chi connectivity index (χ3v) is 3.02. The Morgan fingerprint density at radius 3 is 2.90 bits per heavy atom. The molecule has 0 aliphatic heterocycles. The molecule has 0 aromatic heterocycles. The fourth-order valence-electron chi connectivity index (χ4n) is 1.90. The van der Waals surface area contributed by atoms with Crippen LogP contribution in [0.15, 0.2) is 24.3 Å². The molecular formula is C17H22N2O2. The first-order chi connectivity index (χ1) is 10.2. The number of likely N-dealkylation sites (N-methyl/N-ethyl adjacent to an activating group) is 1. The van der Waals surface area contributed by atoms with E-state index in [1.807, 2.05) is 31.2 Å². The Morgan fingerprint density at radius 1 is 1.43 bits per heavy atom. The number of benzene rings is 1. The van der Waals surface area contributed by atoms with E-state index in [9.17, 15) is 0 Å². The van der Waals surface area contributed by atoms with Gasteiger partial charge >= 0.3 is 0 Å². The van der Waals surface area contributed by atoms with Gasteiger partial charge in [-0.05, 0) is 31.7 Å². The van der Waals surface area contributed by atoms with Crippen molar-refractivity contribution in [2.45, 2.75) is 13.8 Å². The molecule has 1 aromatic carbocycles. The van der Waals surface area contributed by atoms with Gasteiger partial charge in [0, 0.05) is 18.7 Å². The zero-order chi connectivity index (χ0) is 15.5. The van der Waals surface area contributed by atoms with Crippen LogP contribution in [0.2, 0.25) is 0 Å². The highest BCUT2D eigenvalue weighted by atomic mass is 16.5. The first-order valence-electron chi connectivity index (χ1n) is 7.14. The summed E-state index contributed by atoms with van der Waals surface area (Å²) in [4.78, 5) is 2.20. The van der Waals surface area contributed by atoms with Gasteiger partial charge in [0.2, 0.25) is 0 Å². The second-order valence-electron chi connectivity index (χ2n) is 4.76. The first kappa shape index (κ1) is 17.0. The smallest absolute Gasteiger partial charge is 0.120 e. The number of hydrogen-bond acceptors (Lipinski definition) is 4. The van der Waals surface area contributed by atoms with Crippen LogP contribution >= 0.6 is 0 Å². The molecule has 0 heterocycles. The fourth-order valence-corrected chi connectivity index (χ4v) is 1.90. The van der Waals surface area contributed by atoms with Crippen molar-refractivity contribution in [1.29, 1.82) is 5.26 Å². The van der Waals surface area contributed by atoms with Crippen LogP contribution in [0.1, 0.15) is 19.4 Å². The van der Waals surface area contributed by atoms with Crippen LogP contribution in [0.4, 0.5) is 0 Å². The summed E-state index contributed by atoms with van der Waals surface area (Å²) < 4.78 is 5.72. The lowest BCUT2D eigenvalue weighted by Crippen LogP contribution is -2.32. The molecule has 1 rings (SSSR count). The van der Waals surface area contributed by atoms with Gasteiger partial charge in [0.15, 0.2) is 0 Å². The van der Waals surface area contributed by atoms with Crippen molar-refractivity contribution < 1.29 is 9.84 Å². The molecule has 0 aliphatic carbocycles. The number of nitrogens with zero attached hydrogens (tertiary/aromatic N) is 2. The minimum atomic E-state index is -0.145. The number of aliphatic hydroxyl groups is 1. The SMILES string of the molecule is CCN(CCOc1cccc(C#CCO)c1)CC(C)C#N. The van der Waals surface area contributed by atoms with E-state index in [1.165, 1.54) is 0 Å². The summed E-state index contributed by atoms with van der Waals surface area (Å²) in [5, 5.41) is 17.5. The van der Waals surface area contributed by atoms with Crippen molar-refractivity contribution in [1.82, 2.24) is 4.90 Å². The Kier molecular flexibility index (Phi) is 7.97. The molecule has 112 valence electrons. The zero-order valence-corrected chi connectivity index (χ0v) is 12.7. The maximum atomic E-state index is 8.85. The van der Waals surface area contributed by atoms with Crippen molar-refractivity contribution in [2.24, 2.45) is 5.92 Å². The van der Waals surface area contributed by atoms with Crippen LogP contribution in [-0.2, 0) is 0 Å². The molecule has 4 heteroatoms. The third kappa shape index (κ3) is 6.81. The second-order valence-corrected chi connectivity index (χ2v) is 4.76. The minimum absolute atomic E-state index is 0.0297. The summed E-state index contributed by atoms with van der Waals surface area (Å²) in [5.41, 5.74) is 0.826. The van der Waals surface area contributed by atoms with E-state index in [2.05, 4.69) is 29.7 Å². The van der Waals surface area contributed by atoms with Gasteiger partial charge < -0.3 is 9.84 Å². The monoisotopic (exact) mass is 286 g/mol. The van der Waals surface area contributed by atoms with Crippen LogP contribution in [0, 0.1) is 29.1 Å². The average Bonchev–Trinajstić information content (AvgIpc) is 2.52. The molecule has 0 spiro atoms. The van der Waals surface area contributed by atoms with Crippen molar-refractivity contribution >= 4 is 0 Å². The summed E-state index contributed by atoms with van der Waals surface area (Å²) in [5.74, 6) is 6.26. The average molecular weight is 286 g/mol. The molecule has 21 heavy (non-hydrogen) atoms.